The number of amides is 1. The molecule has 4 heteroatoms. The first kappa shape index (κ1) is 16.0. The number of rotatable bonds is 5. The van der Waals surface area contributed by atoms with Crippen LogP contribution in [0.2, 0.25) is 0 Å². The van der Waals surface area contributed by atoms with Crippen molar-refractivity contribution in [3.05, 3.63) is 0 Å². The SMILES string of the molecule is CCC(C)(C)CNC(=O)C1CCC(C#N)(NC)CC1. The summed E-state index contributed by atoms with van der Waals surface area (Å²) >= 11 is 0. The smallest absolute Gasteiger partial charge is 0.223 e. The van der Waals surface area contributed by atoms with Gasteiger partial charge < -0.3 is 10.6 Å². The quantitative estimate of drug-likeness (QED) is 0.801. The minimum atomic E-state index is -0.417. The number of hydrogen-bond acceptors (Lipinski definition) is 3. The molecule has 0 aromatic heterocycles. The molecular formula is C15H27N3O. The molecule has 0 aromatic rings. The Morgan fingerprint density at radius 2 is 2.00 bits per heavy atom. The summed E-state index contributed by atoms with van der Waals surface area (Å²) in [5.41, 5.74) is -0.259. The van der Waals surface area contributed by atoms with Gasteiger partial charge in [0.15, 0.2) is 0 Å². The van der Waals surface area contributed by atoms with E-state index in [4.69, 9.17) is 0 Å². The molecule has 108 valence electrons. The summed E-state index contributed by atoms with van der Waals surface area (Å²) in [4.78, 5) is 12.1. The van der Waals surface area contributed by atoms with Crippen LogP contribution in [0.3, 0.4) is 0 Å². The molecule has 4 nitrogen and oxygen atoms in total. The van der Waals surface area contributed by atoms with Crippen LogP contribution in [0.15, 0.2) is 0 Å². The molecule has 1 amide bonds. The molecule has 19 heavy (non-hydrogen) atoms. The lowest BCUT2D eigenvalue weighted by Gasteiger charge is -2.34. The van der Waals surface area contributed by atoms with Gasteiger partial charge in [0, 0.05) is 12.5 Å². The van der Waals surface area contributed by atoms with Crippen molar-refractivity contribution in [3.63, 3.8) is 0 Å². The highest BCUT2D eigenvalue weighted by molar-refractivity contribution is 5.78. The maximum atomic E-state index is 12.1. The average Bonchev–Trinajstić information content (AvgIpc) is 2.45. The van der Waals surface area contributed by atoms with Crippen molar-refractivity contribution in [1.82, 2.24) is 10.6 Å². The van der Waals surface area contributed by atoms with Gasteiger partial charge in [0.05, 0.1) is 6.07 Å². The minimum absolute atomic E-state index is 0.0717. The first-order chi connectivity index (χ1) is 8.88. The molecule has 0 radical (unpaired) electrons. The molecule has 1 aliphatic rings. The molecule has 1 aliphatic carbocycles. The van der Waals surface area contributed by atoms with Gasteiger partial charge in [0.25, 0.3) is 0 Å². The maximum Gasteiger partial charge on any atom is 0.223 e. The van der Waals surface area contributed by atoms with Crippen LogP contribution in [-0.2, 0) is 4.79 Å². The molecule has 0 unspecified atom stereocenters. The van der Waals surface area contributed by atoms with Crippen LogP contribution in [-0.4, -0.2) is 25.0 Å². The molecule has 1 rings (SSSR count). The third-order valence-corrected chi connectivity index (χ3v) is 4.60. The summed E-state index contributed by atoms with van der Waals surface area (Å²) in [7, 11) is 1.83. The van der Waals surface area contributed by atoms with E-state index >= 15 is 0 Å². The van der Waals surface area contributed by atoms with Crippen molar-refractivity contribution in [2.45, 2.75) is 58.4 Å². The Kier molecular flexibility index (Phi) is 5.37. The van der Waals surface area contributed by atoms with Crippen molar-refractivity contribution < 1.29 is 4.79 Å². The van der Waals surface area contributed by atoms with Crippen LogP contribution in [0.4, 0.5) is 0 Å². The van der Waals surface area contributed by atoms with E-state index in [1.165, 1.54) is 0 Å². The summed E-state index contributed by atoms with van der Waals surface area (Å²) in [6.07, 6.45) is 4.17. The lowest BCUT2D eigenvalue weighted by molar-refractivity contribution is -0.126. The highest BCUT2D eigenvalue weighted by Crippen LogP contribution is 2.31. The molecular weight excluding hydrogens is 238 g/mol. The Hall–Kier alpha value is -1.08. The summed E-state index contributed by atoms with van der Waals surface area (Å²) in [6, 6.07) is 2.35. The lowest BCUT2D eigenvalue weighted by atomic mass is 9.77. The first-order valence-electron chi connectivity index (χ1n) is 7.26. The van der Waals surface area contributed by atoms with Gasteiger partial charge in [-0.25, -0.2) is 0 Å². The van der Waals surface area contributed by atoms with E-state index < -0.39 is 5.54 Å². The van der Waals surface area contributed by atoms with Crippen molar-refractivity contribution in [1.29, 1.82) is 5.26 Å². The second-order valence-corrected chi connectivity index (χ2v) is 6.45. The van der Waals surface area contributed by atoms with Gasteiger partial charge in [-0.1, -0.05) is 20.8 Å². The normalized spacial score (nSPS) is 27.6. The van der Waals surface area contributed by atoms with Gasteiger partial charge in [0.1, 0.15) is 5.54 Å². The monoisotopic (exact) mass is 265 g/mol. The molecule has 0 bridgehead atoms. The molecule has 0 saturated heterocycles. The van der Waals surface area contributed by atoms with Crippen LogP contribution >= 0.6 is 0 Å². The van der Waals surface area contributed by atoms with Gasteiger partial charge in [-0.3, -0.25) is 4.79 Å². The van der Waals surface area contributed by atoms with Gasteiger partial charge in [-0.2, -0.15) is 5.26 Å². The van der Waals surface area contributed by atoms with E-state index in [1.807, 2.05) is 7.05 Å². The van der Waals surface area contributed by atoms with Crippen molar-refractivity contribution in [2.24, 2.45) is 11.3 Å². The minimum Gasteiger partial charge on any atom is -0.355 e. The second-order valence-electron chi connectivity index (χ2n) is 6.45. The fourth-order valence-corrected chi connectivity index (χ4v) is 2.39. The van der Waals surface area contributed by atoms with E-state index in [-0.39, 0.29) is 17.2 Å². The van der Waals surface area contributed by atoms with Gasteiger partial charge >= 0.3 is 0 Å². The Balaban J connectivity index is 2.44. The van der Waals surface area contributed by atoms with Gasteiger partial charge in [-0.05, 0) is 44.6 Å². The summed E-state index contributed by atoms with van der Waals surface area (Å²) in [6.45, 7) is 7.20. The molecule has 0 atom stereocenters. The Morgan fingerprint density at radius 3 is 2.42 bits per heavy atom. The number of carbonyl (C=O) groups excluding carboxylic acids is 1. The van der Waals surface area contributed by atoms with E-state index in [2.05, 4.69) is 37.5 Å². The topological polar surface area (TPSA) is 64.9 Å². The van der Waals surface area contributed by atoms with Crippen molar-refractivity contribution in [3.8, 4) is 6.07 Å². The number of carbonyl (C=O) groups is 1. The first-order valence-corrected chi connectivity index (χ1v) is 7.26. The molecule has 0 heterocycles. The fourth-order valence-electron chi connectivity index (χ4n) is 2.39. The number of hydrogen-bond donors (Lipinski definition) is 2. The molecule has 1 fully saturated rings. The number of nitrogens with one attached hydrogen (secondary N) is 2. The van der Waals surface area contributed by atoms with E-state index in [0.29, 0.717) is 0 Å². The fraction of sp³-hybridized carbons (Fsp3) is 0.867. The molecule has 0 aromatic carbocycles. The number of nitrogens with zero attached hydrogens (tertiary/aromatic N) is 1. The van der Waals surface area contributed by atoms with Crippen LogP contribution in [0, 0.1) is 22.7 Å². The van der Waals surface area contributed by atoms with E-state index in [0.717, 1.165) is 38.6 Å². The van der Waals surface area contributed by atoms with Crippen molar-refractivity contribution in [2.75, 3.05) is 13.6 Å². The van der Waals surface area contributed by atoms with Crippen LogP contribution in [0.5, 0.6) is 0 Å². The third-order valence-electron chi connectivity index (χ3n) is 4.60. The Morgan fingerprint density at radius 1 is 1.42 bits per heavy atom. The third kappa shape index (κ3) is 4.21. The molecule has 0 aliphatic heterocycles. The standard InChI is InChI=1S/C15H27N3O/c1-5-14(2,3)11-18-13(19)12-6-8-15(10-16,17-4)9-7-12/h12,17H,5-9,11H2,1-4H3,(H,18,19). The highest BCUT2D eigenvalue weighted by atomic mass is 16.1. The predicted molar refractivity (Wildman–Crippen MR) is 76.4 cm³/mol. The van der Waals surface area contributed by atoms with Gasteiger partial charge in [-0.15, -0.1) is 0 Å². The second kappa shape index (κ2) is 6.38. The largest absolute Gasteiger partial charge is 0.355 e. The highest BCUT2D eigenvalue weighted by Gasteiger charge is 2.36. The zero-order valence-corrected chi connectivity index (χ0v) is 12.7. The lowest BCUT2D eigenvalue weighted by Crippen LogP contribution is -2.47. The summed E-state index contributed by atoms with van der Waals surface area (Å²) in [5, 5.41) is 15.4. The molecule has 1 saturated carbocycles. The summed E-state index contributed by atoms with van der Waals surface area (Å²) < 4.78 is 0. The average molecular weight is 265 g/mol. The molecule has 0 spiro atoms. The zero-order chi connectivity index (χ0) is 14.5. The van der Waals surface area contributed by atoms with Gasteiger partial charge in [0.2, 0.25) is 5.91 Å². The molecule has 2 N–H and O–H groups in total. The van der Waals surface area contributed by atoms with Crippen LogP contribution in [0.25, 0.3) is 0 Å². The van der Waals surface area contributed by atoms with E-state index in [1.54, 1.807) is 0 Å². The van der Waals surface area contributed by atoms with Crippen LogP contribution < -0.4 is 10.6 Å². The maximum absolute atomic E-state index is 12.1. The summed E-state index contributed by atoms with van der Waals surface area (Å²) in [5.74, 6) is 0.228. The number of nitriles is 1. The Labute approximate surface area is 116 Å². The van der Waals surface area contributed by atoms with Crippen LogP contribution in [0.1, 0.15) is 52.9 Å². The zero-order valence-electron chi connectivity index (χ0n) is 12.7. The predicted octanol–water partition coefficient (Wildman–Crippen LogP) is 2.21. The van der Waals surface area contributed by atoms with Crippen molar-refractivity contribution >= 4 is 5.91 Å². The van der Waals surface area contributed by atoms with E-state index in [9.17, 15) is 10.1 Å². The Bertz CT molecular complexity index is 349.